The van der Waals surface area contributed by atoms with Crippen LogP contribution in [-0.4, -0.2) is 32.2 Å². The first-order valence-electron chi connectivity index (χ1n) is 10.2. The lowest BCUT2D eigenvalue weighted by atomic mass is 9.89. The number of hydrogen-bond donors (Lipinski definition) is 3. The molecule has 0 aromatic heterocycles. The largest absolute Gasteiger partial charge is 0.493 e. The second-order valence-corrected chi connectivity index (χ2v) is 7.19. The lowest BCUT2D eigenvalue weighted by Crippen LogP contribution is -2.41. The first-order valence-corrected chi connectivity index (χ1v) is 10.2. The molecule has 0 spiro atoms. The number of alkyl halides is 3. The maximum atomic E-state index is 13.1. The third-order valence-corrected chi connectivity index (χ3v) is 4.98. The summed E-state index contributed by atoms with van der Waals surface area (Å²) >= 11 is 0. The van der Waals surface area contributed by atoms with E-state index in [-0.39, 0.29) is 17.7 Å². The van der Waals surface area contributed by atoms with Crippen molar-refractivity contribution in [3.05, 3.63) is 76.5 Å². The molecular weight excluding hydrogens is 423 g/mol. The lowest BCUT2D eigenvalue weighted by Gasteiger charge is -2.33. The zero-order valence-corrected chi connectivity index (χ0v) is 18.1. The van der Waals surface area contributed by atoms with E-state index in [1.807, 2.05) is 19.9 Å². The van der Waals surface area contributed by atoms with Crippen molar-refractivity contribution >= 4 is 5.90 Å². The van der Waals surface area contributed by atoms with Gasteiger partial charge in [0.1, 0.15) is 5.75 Å². The molecule has 1 heterocycles. The molecule has 3 N–H and O–H groups in total. The predicted molar refractivity (Wildman–Crippen MR) is 115 cm³/mol. The highest BCUT2D eigenvalue weighted by atomic mass is 19.4. The minimum absolute atomic E-state index is 0.0629. The molecule has 0 saturated carbocycles. The van der Waals surface area contributed by atoms with Crippen LogP contribution in [0.3, 0.4) is 0 Å². The molecule has 9 heteroatoms. The number of methoxy groups -OCH3 is 1. The first kappa shape index (κ1) is 23.3. The monoisotopic (exact) mass is 449 g/mol. The lowest BCUT2D eigenvalue weighted by molar-refractivity contribution is -0.137. The molecule has 1 aromatic carbocycles. The van der Waals surface area contributed by atoms with Gasteiger partial charge in [-0.3, -0.25) is 5.41 Å². The number of ether oxygens (including phenoxy) is 3. The summed E-state index contributed by atoms with van der Waals surface area (Å²) in [5.74, 6) is 0.982. The zero-order valence-electron chi connectivity index (χ0n) is 18.1. The van der Waals surface area contributed by atoms with Crippen molar-refractivity contribution in [2.24, 2.45) is 0 Å². The highest BCUT2D eigenvalue weighted by Crippen LogP contribution is 2.37. The van der Waals surface area contributed by atoms with E-state index in [0.29, 0.717) is 31.1 Å². The Bertz CT molecular complexity index is 994. The number of rotatable bonds is 8. The molecule has 0 amide bonds. The standard InChI is InChI=1S/C23H26F3N3O3/c1-4-31-19(27)9-11-28-17-13-18(30-3)22(20-14(2)8-10-29-21(17)20)32-16-7-5-6-15(12-16)23(24,25)26/h5-8,10,12-13,21,27-29H,4,9,11H2,1-3H3. The van der Waals surface area contributed by atoms with Gasteiger partial charge in [0.15, 0.2) is 17.4 Å². The molecule has 2 aliphatic rings. The number of halogens is 3. The third kappa shape index (κ3) is 5.27. The average Bonchev–Trinajstić information content (AvgIpc) is 2.75. The van der Waals surface area contributed by atoms with Crippen LogP contribution in [0.15, 0.2) is 71.0 Å². The van der Waals surface area contributed by atoms with E-state index in [0.717, 1.165) is 29.0 Å². The Labute approximate surface area is 184 Å². The fourth-order valence-electron chi connectivity index (χ4n) is 3.48. The van der Waals surface area contributed by atoms with E-state index in [9.17, 15) is 13.2 Å². The van der Waals surface area contributed by atoms with Crippen LogP contribution >= 0.6 is 0 Å². The van der Waals surface area contributed by atoms with Crippen LogP contribution < -0.4 is 15.4 Å². The highest BCUT2D eigenvalue weighted by Gasteiger charge is 2.34. The molecule has 3 rings (SSSR count). The minimum atomic E-state index is -4.47. The van der Waals surface area contributed by atoms with Crippen LogP contribution in [0.2, 0.25) is 0 Å². The van der Waals surface area contributed by atoms with Gasteiger partial charge in [-0.15, -0.1) is 0 Å². The summed E-state index contributed by atoms with van der Waals surface area (Å²) in [5, 5.41) is 14.3. The van der Waals surface area contributed by atoms with E-state index in [1.54, 1.807) is 12.3 Å². The fraction of sp³-hybridized carbons (Fsp3) is 0.348. The van der Waals surface area contributed by atoms with Gasteiger partial charge in [-0.1, -0.05) is 6.07 Å². The van der Waals surface area contributed by atoms with Gasteiger partial charge >= 0.3 is 6.18 Å². The second kappa shape index (κ2) is 9.84. The number of dihydropyridines is 1. The summed E-state index contributed by atoms with van der Waals surface area (Å²) in [6.07, 6.45) is 1.36. The molecule has 1 aliphatic heterocycles. The number of benzene rings is 1. The van der Waals surface area contributed by atoms with Crippen molar-refractivity contribution in [2.75, 3.05) is 20.3 Å². The number of hydrogen-bond acceptors (Lipinski definition) is 6. The summed E-state index contributed by atoms with van der Waals surface area (Å²) in [7, 11) is 1.48. The van der Waals surface area contributed by atoms with Gasteiger partial charge in [-0.2, -0.15) is 13.2 Å². The third-order valence-electron chi connectivity index (χ3n) is 4.98. The molecule has 1 aromatic rings. The zero-order chi connectivity index (χ0) is 23.3. The summed E-state index contributed by atoms with van der Waals surface area (Å²) in [5.41, 5.74) is 1.65. The Morgan fingerprint density at radius 2 is 2.06 bits per heavy atom. The Morgan fingerprint density at radius 1 is 1.28 bits per heavy atom. The molecule has 0 bridgehead atoms. The van der Waals surface area contributed by atoms with Gasteiger partial charge in [0.05, 0.1) is 25.3 Å². The maximum absolute atomic E-state index is 13.1. The highest BCUT2D eigenvalue weighted by molar-refractivity contribution is 5.72. The van der Waals surface area contributed by atoms with E-state index in [2.05, 4.69) is 10.6 Å². The molecule has 172 valence electrons. The van der Waals surface area contributed by atoms with Gasteiger partial charge in [-0.05, 0) is 49.9 Å². The van der Waals surface area contributed by atoms with Crippen molar-refractivity contribution < 1.29 is 27.4 Å². The minimum Gasteiger partial charge on any atom is -0.493 e. The quantitative estimate of drug-likeness (QED) is 0.398. The van der Waals surface area contributed by atoms with E-state index in [1.165, 1.54) is 19.2 Å². The summed E-state index contributed by atoms with van der Waals surface area (Å²) in [6, 6.07) is 4.44. The van der Waals surface area contributed by atoms with Crippen LogP contribution in [0.1, 0.15) is 25.8 Å². The van der Waals surface area contributed by atoms with Gasteiger partial charge in [0.2, 0.25) is 0 Å². The van der Waals surface area contributed by atoms with Crippen molar-refractivity contribution in [1.29, 1.82) is 5.41 Å². The maximum Gasteiger partial charge on any atom is 0.416 e. The molecule has 1 unspecified atom stereocenters. The van der Waals surface area contributed by atoms with Gasteiger partial charge < -0.3 is 24.8 Å². The van der Waals surface area contributed by atoms with Gasteiger partial charge in [0, 0.05) is 30.3 Å². The fourth-order valence-corrected chi connectivity index (χ4v) is 3.48. The number of allylic oxidation sites excluding steroid dienone is 3. The molecule has 32 heavy (non-hydrogen) atoms. The van der Waals surface area contributed by atoms with Gasteiger partial charge in [0.25, 0.3) is 0 Å². The Hall–Kier alpha value is -3.36. The van der Waals surface area contributed by atoms with Crippen molar-refractivity contribution in [3.63, 3.8) is 0 Å². The summed E-state index contributed by atoms with van der Waals surface area (Å²) < 4.78 is 56.0. The first-order chi connectivity index (χ1) is 15.2. The van der Waals surface area contributed by atoms with E-state index >= 15 is 0 Å². The molecule has 1 aliphatic carbocycles. The summed E-state index contributed by atoms with van der Waals surface area (Å²) in [4.78, 5) is 0. The molecule has 1 atom stereocenters. The molecular formula is C23H26F3N3O3. The molecule has 0 radical (unpaired) electrons. The number of nitrogens with one attached hydrogen (secondary N) is 3. The molecule has 0 saturated heterocycles. The Kier molecular flexibility index (Phi) is 7.17. The topological polar surface area (TPSA) is 75.6 Å². The predicted octanol–water partition coefficient (Wildman–Crippen LogP) is 4.64. The van der Waals surface area contributed by atoms with Crippen molar-refractivity contribution in [3.8, 4) is 5.75 Å². The van der Waals surface area contributed by atoms with Crippen molar-refractivity contribution in [2.45, 2.75) is 32.5 Å². The Morgan fingerprint density at radius 3 is 2.75 bits per heavy atom. The smallest absolute Gasteiger partial charge is 0.416 e. The van der Waals surface area contributed by atoms with Crippen molar-refractivity contribution in [1.82, 2.24) is 10.6 Å². The normalized spacial score (nSPS) is 17.9. The van der Waals surface area contributed by atoms with Crippen LogP contribution in [0, 0.1) is 5.41 Å². The van der Waals surface area contributed by atoms with E-state index < -0.39 is 11.7 Å². The molecule has 6 nitrogen and oxygen atoms in total. The van der Waals surface area contributed by atoms with Gasteiger partial charge in [-0.25, -0.2) is 0 Å². The van der Waals surface area contributed by atoms with Crippen LogP contribution in [0.4, 0.5) is 13.2 Å². The second-order valence-electron chi connectivity index (χ2n) is 7.19. The van der Waals surface area contributed by atoms with Crippen LogP contribution in [0.25, 0.3) is 0 Å². The SMILES string of the molecule is CCOC(=N)CCNC1=CC(OC)=C(Oc2cccc(C(F)(F)F)c2)C2=C(C)C=CNC12. The van der Waals surface area contributed by atoms with Crippen LogP contribution in [-0.2, 0) is 15.7 Å². The Balaban J connectivity index is 1.93. The van der Waals surface area contributed by atoms with E-state index in [4.69, 9.17) is 19.6 Å². The average molecular weight is 449 g/mol. The number of fused-ring (bicyclic) bond motifs is 1. The van der Waals surface area contributed by atoms with Crippen LogP contribution in [0.5, 0.6) is 5.75 Å². The molecule has 0 fully saturated rings. The summed E-state index contributed by atoms with van der Waals surface area (Å²) in [6.45, 7) is 4.64.